The Kier molecular flexibility index (Phi) is 3.44. The largest absolute Gasteiger partial charge is 0.462 e. The van der Waals surface area contributed by atoms with Crippen LogP contribution in [0.25, 0.3) is 27.6 Å². The Morgan fingerprint density at radius 1 is 1.10 bits per heavy atom. The molecule has 0 aliphatic rings. The first kappa shape index (κ1) is 13.4. The van der Waals surface area contributed by atoms with Gasteiger partial charge in [0.1, 0.15) is 0 Å². The minimum Gasteiger partial charge on any atom is -0.462 e. The Hall–Kier alpha value is -2.61. The number of ether oxygens (including phenoxy) is 1. The van der Waals surface area contributed by atoms with Crippen molar-refractivity contribution in [2.75, 3.05) is 6.61 Å². The normalized spacial score (nSPS) is 10.7. The van der Waals surface area contributed by atoms with Crippen molar-refractivity contribution in [2.24, 2.45) is 0 Å². The molecular weight excluding hydrogens is 260 g/mol. The summed E-state index contributed by atoms with van der Waals surface area (Å²) >= 11 is 0. The summed E-state index contributed by atoms with van der Waals surface area (Å²) in [4.78, 5) is 12.3. The lowest BCUT2D eigenvalue weighted by Crippen LogP contribution is -2.07. The molecule has 0 spiro atoms. The van der Waals surface area contributed by atoms with Crippen molar-refractivity contribution in [3.05, 3.63) is 66.2 Å². The molecule has 0 fully saturated rings. The standard InChI is InChI=1S/C19H16O2/c1-3-13-9-10-16-11-14-7-5-6-8-15(14)12-17(16)18(13)19(20)21-4-2/h3,5-12H,1,4H2,2H3. The van der Waals surface area contributed by atoms with Crippen LogP contribution in [0.5, 0.6) is 0 Å². The molecule has 0 saturated carbocycles. The van der Waals surface area contributed by atoms with E-state index < -0.39 is 0 Å². The zero-order valence-electron chi connectivity index (χ0n) is 11.9. The second-order valence-electron chi connectivity index (χ2n) is 4.87. The van der Waals surface area contributed by atoms with Crippen molar-refractivity contribution in [1.29, 1.82) is 0 Å². The fourth-order valence-corrected chi connectivity index (χ4v) is 2.63. The summed E-state index contributed by atoms with van der Waals surface area (Å²) in [6.07, 6.45) is 1.70. The number of carbonyl (C=O) groups is 1. The highest BCUT2D eigenvalue weighted by atomic mass is 16.5. The third-order valence-corrected chi connectivity index (χ3v) is 3.62. The summed E-state index contributed by atoms with van der Waals surface area (Å²) in [5.74, 6) is -0.298. The van der Waals surface area contributed by atoms with Gasteiger partial charge in [-0.1, -0.05) is 49.1 Å². The van der Waals surface area contributed by atoms with Gasteiger partial charge in [0.15, 0.2) is 0 Å². The molecular formula is C19H16O2. The van der Waals surface area contributed by atoms with Gasteiger partial charge in [-0.3, -0.25) is 0 Å². The lowest BCUT2D eigenvalue weighted by atomic mass is 9.96. The molecule has 104 valence electrons. The molecule has 0 aromatic heterocycles. The van der Waals surface area contributed by atoms with Gasteiger partial charge >= 0.3 is 5.97 Å². The van der Waals surface area contributed by atoms with E-state index in [2.05, 4.69) is 18.7 Å². The van der Waals surface area contributed by atoms with Gasteiger partial charge in [-0.15, -0.1) is 0 Å². The molecule has 0 aliphatic heterocycles. The fraction of sp³-hybridized carbons (Fsp3) is 0.105. The highest BCUT2D eigenvalue weighted by molar-refractivity contribution is 6.11. The maximum Gasteiger partial charge on any atom is 0.339 e. The number of carbonyl (C=O) groups excluding carboxylic acids is 1. The second-order valence-corrected chi connectivity index (χ2v) is 4.87. The van der Waals surface area contributed by atoms with Gasteiger partial charge in [0.05, 0.1) is 12.2 Å². The molecule has 2 heteroatoms. The van der Waals surface area contributed by atoms with Crippen molar-refractivity contribution in [3.63, 3.8) is 0 Å². The predicted octanol–water partition coefficient (Wildman–Crippen LogP) is 4.81. The molecule has 0 saturated heterocycles. The van der Waals surface area contributed by atoms with Crippen LogP contribution < -0.4 is 0 Å². The van der Waals surface area contributed by atoms with Crippen molar-refractivity contribution >= 4 is 33.6 Å². The van der Waals surface area contributed by atoms with Crippen LogP contribution >= 0.6 is 0 Å². The topological polar surface area (TPSA) is 26.3 Å². The van der Waals surface area contributed by atoms with E-state index in [1.165, 1.54) is 0 Å². The van der Waals surface area contributed by atoms with Crippen molar-refractivity contribution in [3.8, 4) is 0 Å². The van der Waals surface area contributed by atoms with E-state index in [1.54, 1.807) is 6.08 Å². The molecule has 0 radical (unpaired) electrons. The smallest absolute Gasteiger partial charge is 0.339 e. The average Bonchev–Trinajstić information content (AvgIpc) is 2.51. The van der Waals surface area contributed by atoms with Crippen LogP contribution in [0.4, 0.5) is 0 Å². The maximum absolute atomic E-state index is 12.3. The summed E-state index contributed by atoms with van der Waals surface area (Å²) in [5.41, 5.74) is 1.39. The number of esters is 1. The molecule has 0 bridgehead atoms. The Bertz CT molecular complexity index is 847. The number of hydrogen-bond acceptors (Lipinski definition) is 2. The summed E-state index contributed by atoms with van der Waals surface area (Å²) in [5, 5.41) is 4.20. The summed E-state index contributed by atoms with van der Waals surface area (Å²) in [7, 11) is 0. The lowest BCUT2D eigenvalue weighted by molar-refractivity contribution is 0.0528. The van der Waals surface area contributed by atoms with Gasteiger partial charge in [-0.25, -0.2) is 4.79 Å². The average molecular weight is 276 g/mol. The molecule has 0 N–H and O–H groups in total. The zero-order valence-corrected chi connectivity index (χ0v) is 11.9. The van der Waals surface area contributed by atoms with Gasteiger partial charge in [0.2, 0.25) is 0 Å². The second kappa shape index (κ2) is 5.41. The number of hydrogen-bond donors (Lipinski definition) is 0. The van der Waals surface area contributed by atoms with Crippen LogP contribution in [0.15, 0.2) is 55.1 Å². The third-order valence-electron chi connectivity index (χ3n) is 3.62. The van der Waals surface area contributed by atoms with Crippen LogP contribution in [-0.2, 0) is 4.74 Å². The van der Waals surface area contributed by atoms with Crippen molar-refractivity contribution < 1.29 is 9.53 Å². The molecule has 0 heterocycles. The first-order valence-corrected chi connectivity index (χ1v) is 6.99. The van der Waals surface area contributed by atoms with E-state index in [0.29, 0.717) is 12.2 Å². The quantitative estimate of drug-likeness (QED) is 0.506. The minimum absolute atomic E-state index is 0.298. The molecule has 0 unspecified atom stereocenters. The Labute approximate surface area is 123 Å². The number of fused-ring (bicyclic) bond motifs is 2. The summed E-state index contributed by atoms with van der Waals surface area (Å²) < 4.78 is 5.20. The van der Waals surface area contributed by atoms with Gasteiger partial charge in [-0.2, -0.15) is 0 Å². The van der Waals surface area contributed by atoms with E-state index in [1.807, 2.05) is 43.3 Å². The number of benzene rings is 3. The predicted molar refractivity (Wildman–Crippen MR) is 87.5 cm³/mol. The van der Waals surface area contributed by atoms with Crippen molar-refractivity contribution in [2.45, 2.75) is 6.92 Å². The van der Waals surface area contributed by atoms with Gasteiger partial charge < -0.3 is 4.74 Å². The van der Waals surface area contributed by atoms with Crippen LogP contribution in [0.1, 0.15) is 22.8 Å². The van der Waals surface area contributed by atoms with Gasteiger partial charge in [0.25, 0.3) is 0 Å². The van der Waals surface area contributed by atoms with E-state index in [4.69, 9.17) is 4.74 Å². The van der Waals surface area contributed by atoms with Gasteiger partial charge in [-0.05, 0) is 46.2 Å². The van der Waals surface area contributed by atoms with Crippen LogP contribution in [-0.4, -0.2) is 12.6 Å². The zero-order chi connectivity index (χ0) is 14.8. The Balaban J connectivity index is 2.37. The molecule has 2 nitrogen and oxygen atoms in total. The fourth-order valence-electron chi connectivity index (χ4n) is 2.63. The monoisotopic (exact) mass is 276 g/mol. The lowest BCUT2D eigenvalue weighted by Gasteiger charge is -2.11. The van der Waals surface area contributed by atoms with Crippen LogP contribution in [0.2, 0.25) is 0 Å². The molecule has 0 atom stereocenters. The Morgan fingerprint density at radius 2 is 1.81 bits per heavy atom. The van der Waals surface area contributed by atoms with Crippen LogP contribution in [0.3, 0.4) is 0 Å². The molecule has 3 rings (SSSR count). The molecule has 0 amide bonds. The number of rotatable bonds is 3. The van der Waals surface area contributed by atoms with Crippen LogP contribution in [0, 0.1) is 0 Å². The third kappa shape index (κ3) is 2.29. The van der Waals surface area contributed by atoms with E-state index in [-0.39, 0.29) is 5.97 Å². The maximum atomic E-state index is 12.3. The summed E-state index contributed by atoms with van der Waals surface area (Å²) in [6.45, 7) is 5.97. The first-order chi connectivity index (χ1) is 10.2. The van der Waals surface area contributed by atoms with Gasteiger partial charge in [0, 0.05) is 0 Å². The molecule has 3 aromatic rings. The van der Waals surface area contributed by atoms with E-state index in [9.17, 15) is 4.79 Å². The summed E-state index contributed by atoms with van der Waals surface area (Å²) in [6, 6.07) is 16.2. The van der Waals surface area contributed by atoms with E-state index >= 15 is 0 Å². The molecule has 0 aliphatic carbocycles. The Morgan fingerprint density at radius 3 is 2.48 bits per heavy atom. The highest BCUT2D eigenvalue weighted by Gasteiger charge is 2.15. The molecule has 21 heavy (non-hydrogen) atoms. The minimum atomic E-state index is -0.298. The highest BCUT2D eigenvalue weighted by Crippen LogP contribution is 2.28. The van der Waals surface area contributed by atoms with Crippen molar-refractivity contribution in [1.82, 2.24) is 0 Å². The first-order valence-electron chi connectivity index (χ1n) is 6.99. The van der Waals surface area contributed by atoms with E-state index in [0.717, 1.165) is 27.1 Å². The SMILES string of the molecule is C=Cc1ccc2cc3ccccc3cc2c1C(=O)OCC. The molecule has 3 aromatic carbocycles.